The molecule has 0 spiro atoms. The molecule has 2 N–H and O–H groups in total. The largest absolute Gasteiger partial charge is 0.480 e. The summed E-state index contributed by atoms with van der Waals surface area (Å²) in [4.78, 5) is 16.2. The third-order valence-corrected chi connectivity index (χ3v) is 7.91. The van der Waals surface area contributed by atoms with Gasteiger partial charge in [0.2, 0.25) is 10.0 Å². The van der Waals surface area contributed by atoms with Gasteiger partial charge in [0.25, 0.3) is 0 Å². The molecular formula is C27H21ClN2O5S. The smallest absolute Gasteiger partial charge is 0.325 e. The fourth-order valence-electron chi connectivity index (χ4n) is 4.16. The van der Waals surface area contributed by atoms with E-state index in [2.05, 4.69) is 9.71 Å². The van der Waals surface area contributed by atoms with Crippen LogP contribution in [0.15, 0.2) is 102 Å². The highest BCUT2D eigenvalue weighted by Crippen LogP contribution is 2.53. The Bertz CT molecular complexity index is 1510. The minimum absolute atomic E-state index is 0.0137. The lowest BCUT2D eigenvalue weighted by Crippen LogP contribution is -2.44. The molecule has 1 fully saturated rings. The van der Waals surface area contributed by atoms with E-state index >= 15 is 0 Å². The first-order chi connectivity index (χ1) is 17.3. The molecule has 0 amide bonds. The first-order valence-electron chi connectivity index (χ1n) is 11.1. The molecule has 2 atom stereocenters. The van der Waals surface area contributed by atoms with Gasteiger partial charge in [0.1, 0.15) is 17.0 Å². The van der Waals surface area contributed by atoms with Crippen molar-refractivity contribution in [2.24, 2.45) is 0 Å². The number of benzene rings is 3. The maximum absolute atomic E-state index is 13.1. The van der Waals surface area contributed by atoms with Crippen LogP contribution in [-0.2, 0) is 14.8 Å². The van der Waals surface area contributed by atoms with E-state index in [1.165, 1.54) is 12.1 Å². The zero-order valence-electron chi connectivity index (χ0n) is 18.8. The summed E-state index contributed by atoms with van der Waals surface area (Å²) in [7, 11) is -4.10. The number of aromatic nitrogens is 1. The number of hydrogen-bond acceptors (Lipinski definition) is 5. The normalized spacial score (nSPS) is 19.0. The topological polar surface area (TPSA) is 106 Å². The molecule has 1 heterocycles. The maximum Gasteiger partial charge on any atom is 0.325 e. The number of nitrogens with one attached hydrogen (secondary N) is 1. The lowest BCUT2D eigenvalue weighted by Gasteiger charge is -2.16. The van der Waals surface area contributed by atoms with Crippen molar-refractivity contribution in [3.8, 4) is 22.6 Å². The first kappa shape index (κ1) is 24.0. The summed E-state index contributed by atoms with van der Waals surface area (Å²) < 4.78 is 34.5. The molecule has 4 aromatic rings. The number of nitrogens with zero attached hydrogens (tertiary/aromatic N) is 1. The molecule has 5 rings (SSSR count). The molecular weight excluding hydrogens is 500 g/mol. The van der Waals surface area contributed by atoms with Crippen molar-refractivity contribution in [3.05, 3.63) is 108 Å². The van der Waals surface area contributed by atoms with Crippen LogP contribution >= 0.6 is 11.6 Å². The number of aliphatic carboxylic acids is 1. The second-order valence-corrected chi connectivity index (χ2v) is 10.7. The predicted molar refractivity (Wildman–Crippen MR) is 136 cm³/mol. The van der Waals surface area contributed by atoms with Gasteiger partial charge in [0.15, 0.2) is 0 Å². The number of ether oxygens (including phenoxy) is 1. The van der Waals surface area contributed by atoms with E-state index in [4.69, 9.17) is 16.3 Å². The molecule has 1 aliphatic carbocycles. The number of halogens is 1. The summed E-state index contributed by atoms with van der Waals surface area (Å²) in [5.74, 6) is -0.729. The van der Waals surface area contributed by atoms with E-state index in [1.54, 1.807) is 73.1 Å². The molecule has 7 nitrogen and oxygen atoms in total. The highest BCUT2D eigenvalue weighted by molar-refractivity contribution is 7.89. The summed E-state index contributed by atoms with van der Waals surface area (Å²) >= 11 is 5.93. The average molecular weight is 521 g/mol. The van der Waals surface area contributed by atoms with Crippen LogP contribution in [0.25, 0.3) is 11.1 Å². The van der Waals surface area contributed by atoms with E-state index in [1.807, 2.05) is 12.1 Å². The maximum atomic E-state index is 13.1. The zero-order valence-corrected chi connectivity index (χ0v) is 20.4. The molecule has 1 saturated carbocycles. The van der Waals surface area contributed by atoms with Crippen LogP contribution in [0.1, 0.15) is 17.9 Å². The first-order valence-corrected chi connectivity index (χ1v) is 12.9. The molecule has 3 aromatic carbocycles. The quantitative estimate of drug-likeness (QED) is 0.318. The Hall–Kier alpha value is -3.72. The van der Waals surface area contributed by atoms with E-state index in [0.29, 0.717) is 22.1 Å². The van der Waals surface area contributed by atoms with Gasteiger partial charge >= 0.3 is 5.97 Å². The van der Waals surface area contributed by atoms with Gasteiger partial charge in [-0.2, -0.15) is 4.72 Å². The molecule has 9 heteroatoms. The van der Waals surface area contributed by atoms with E-state index in [9.17, 15) is 18.3 Å². The van der Waals surface area contributed by atoms with Crippen molar-refractivity contribution < 1.29 is 23.1 Å². The van der Waals surface area contributed by atoms with Gasteiger partial charge in [0, 0.05) is 17.1 Å². The second-order valence-electron chi connectivity index (χ2n) is 8.53. The van der Waals surface area contributed by atoms with Gasteiger partial charge in [-0.25, -0.2) is 8.42 Å². The zero-order chi connectivity index (χ0) is 25.3. The molecule has 0 aliphatic heterocycles. The van der Waals surface area contributed by atoms with Crippen LogP contribution in [0.2, 0.25) is 5.02 Å². The molecule has 1 aromatic heterocycles. The summed E-state index contributed by atoms with van der Waals surface area (Å²) in [5, 5.41) is 10.6. The van der Waals surface area contributed by atoms with Crippen LogP contribution in [0.4, 0.5) is 0 Å². The van der Waals surface area contributed by atoms with E-state index in [0.717, 1.165) is 11.1 Å². The molecule has 0 saturated heterocycles. The Balaban J connectivity index is 1.36. The van der Waals surface area contributed by atoms with Gasteiger partial charge in [-0.05, 0) is 71.6 Å². The second kappa shape index (κ2) is 9.39. The Morgan fingerprint density at radius 3 is 2.28 bits per heavy atom. The fourth-order valence-corrected chi connectivity index (χ4v) is 5.69. The van der Waals surface area contributed by atoms with E-state index < -0.39 is 27.4 Å². The van der Waals surface area contributed by atoms with E-state index in [-0.39, 0.29) is 11.3 Å². The number of pyridine rings is 1. The van der Waals surface area contributed by atoms with Gasteiger partial charge in [0.05, 0.1) is 11.1 Å². The Kier molecular flexibility index (Phi) is 6.26. The molecule has 0 unspecified atom stereocenters. The Morgan fingerprint density at radius 1 is 0.972 bits per heavy atom. The van der Waals surface area contributed by atoms with Crippen molar-refractivity contribution in [2.45, 2.75) is 22.8 Å². The SMILES string of the molecule is O=C(O)[C@]1(NS(=O)(=O)c2ccc(-c3ccc(Cl)cc3)cc2)C[C@H]1c1cccc(Oc2cccnc2)c1. The van der Waals surface area contributed by atoms with Crippen LogP contribution in [0.5, 0.6) is 11.5 Å². The summed E-state index contributed by atoms with van der Waals surface area (Å²) in [6, 6.07) is 23.9. The van der Waals surface area contributed by atoms with Gasteiger partial charge < -0.3 is 9.84 Å². The van der Waals surface area contributed by atoms with Crippen LogP contribution in [0, 0.1) is 0 Å². The van der Waals surface area contributed by atoms with Crippen LogP contribution < -0.4 is 9.46 Å². The van der Waals surface area contributed by atoms with Gasteiger partial charge in [-0.1, -0.05) is 48.0 Å². The number of carboxylic acid groups (broad SMARTS) is 1. The van der Waals surface area contributed by atoms with Crippen LogP contribution in [0.3, 0.4) is 0 Å². The molecule has 36 heavy (non-hydrogen) atoms. The van der Waals surface area contributed by atoms with Crippen molar-refractivity contribution in [2.75, 3.05) is 0 Å². The van der Waals surface area contributed by atoms with Gasteiger partial charge in [-0.3, -0.25) is 9.78 Å². The lowest BCUT2D eigenvalue weighted by molar-refractivity contribution is -0.140. The third kappa shape index (κ3) is 4.83. The number of carbonyl (C=O) groups is 1. The summed E-state index contributed by atoms with van der Waals surface area (Å²) in [5.41, 5.74) is 0.725. The highest BCUT2D eigenvalue weighted by Gasteiger charge is 2.63. The standard InChI is InChI=1S/C27H21ClN2O5S/c28-21-10-6-18(7-11-21)19-8-12-24(13-9-19)36(33,34)30-27(26(31)32)16-25(27)20-3-1-4-22(15-20)35-23-5-2-14-29-17-23/h1-15,17,25,30H,16H2,(H,31,32)/t25-,27-/m0/s1. The summed E-state index contributed by atoms with van der Waals surface area (Å²) in [6.45, 7) is 0. The molecule has 0 radical (unpaired) electrons. The number of sulfonamides is 1. The number of hydrogen-bond donors (Lipinski definition) is 2. The Labute approximate surface area is 213 Å². The predicted octanol–water partition coefficient (Wildman–Crippen LogP) is 5.48. The lowest BCUT2D eigenvalue weighted by atomic mass is 10.1. The number of carboxylic acids is 1. The molecule has 182 valence electrons. The van der Waals surface area contributed by atoms with Gasteiger partial charge in [-0.15, -0.1) is 0 Å². The van der Waals surface area contributed by atoms with Crippen molar-refractivity contribution >= 4 is 27.6 Å². The third-order valence-electron chi connectivity index (χ3n) is 6.13. The average Bonchev–Trinajstić information content (AvgIpc) is 3.60. The minimum atomic E-state index is -4.10. The molecule has 0 bridgehead atoms. The minimum Gasteiger partial charge on any atom is -0.480 e. The monoisotopic (exact) mass is 520 g/mol. The van der Waals surface area contributed by atoms with Crippen molar-refractivity contribution in [1.29, 1.82) is 0 Å². The Morgan fingerprint density at radius 2 is 1.64 bits per heavy atom. The van der Waals surface area contributed by atoms with Crippen LogP contribution in [-0.4, -0.2) is 30.0 Å². The highest BCUT2D eigenvalue weighted by atomic mass is 35.5. The number of rotatable bonds is 8. The summed E-state index contributed by atoms with van der Waals surface area (Å²) in [6.07, 6.45) is 3.32. The van der Waals surface area contributed by atoms with Crippen molar-refractivity contribution in [1.82, 2.24) is 9.71 Å². The van der Waals surface area contributed by atoms with Crippen molar-refractivity contribution in [3.63, 3.8) is 0 Å². The molecule has 1 aliphatic rings. The fraction of sp³-hybridized carbons (Fsp3) is 0.111.